The van der Waals surface area contributed by atoms with Gasteiger partial charge in [0.25, 0.3) is 0 Å². The Balaban J connectivity index is 1.75. The third kappa shape index (κ3) is 4.97. The van der Waals surface area contributed by atoms with E-state index >= 15 is 0 Å². The molecule has 0 saturated heterocycles. The van der Waals surface area contributed by atoms with Gasteiger partial charge in [0.15, 0.2) is 0 Å². The van der Waals surface area contributed by atoms with Crippen molar-refractivity contribution in [3.63, 3.8) is 0 Å². The van der Waals surface area contributed by atoms with Crippen LogP contribution in [-0.2, 0) is 0 Å². The number of rotatable bonds is 7. The van der Waals surface area contributed by atoms with Crippen LogP contribution >= 0.6 is 0 Å². The molecule has 1 heterocycles. The molecule has 0 saturated carbocycles. The summed E-state index contributed by atoms with van der Waals surface area (Å²) in [6, 6.07) is 18.6. The minimum atomic E-state index is 0.584. The molecule has 1 aromatic heterocycles. The molecule has 2 N–H and O–H groups in total. The van der Waals surface area contributed by atoms with Gasteiger partial charge in [0.1, 0.15) is 5.82 Å². The highest BCUT2D eigenvalue weighted by Crippen LogP contribution is 2.22. The van der Waals surface area contributed by atoms with Crippen molar-refractivity contribution < 1.29 is 0 Å². The molecule has 140 valence electrons. The zero-order chi connectivity index (χ0) is 19.2. The Hall–Kier alpha value is -3.08. The first-order valence-electron chi connectivity index (χ1n) is 9.38. The van der Waals surface area contributed by atoms with Gasteiger partial charge in [0.2, 0.25) is 5.95 Å². The van der Waals surface area contributed by atoms with E-state index in [0.29, 0.717) is 5.95 Å². The maximum absolute atomic E-state index is 4.59. The highest BCUT2D eigenvalue weighted by molar-refractivity contribution is 5.63. The molecule has 3 aromatic rings. The molecular weight excluding hydrogens is 334 g/mol. The first-order chi connectivity index (χ1) is 13.1. The lowest BCUT2D eigenvalue weighted by atomic mass is 10.2. The Morgan fingerprint density at radius 1 is 0.778 bits per heavy atom. The van der Waals surface area contributed by atoms with E-state index in [4.69, 9.17) is 0 Å². The predicted molar refractivity (Wildman–Crippen MR) is 115 cm³/mol. The van der Waals surface area contributed by atoms with Gasteiger partial charge >= 0.3 is 0 Å². The maximum Gasteiger partial charge on any atom is 0.229 e. The summed E-state index contributed by atoms with van der Waals surface area (Å²) in [7, 11) is 0. The van der Waals surface area contributed by atoms with Crippen LogP contribution in [-0.4, -0.2) is 23.1 Å². The van der Waals surface area contributed by atoms with E-state index in [1.807, 2.05) is 25.1 Å². The average Bonchev–Trinajstić information content (AvgIpc) is 2.65. The van der Waals surface area contributed by atoms with E-state index in [0.717, 1.165) is 36.0 Å². The van der Waals surface area contributed by atoms with Crippen LogP contribution in [0.2, 0.25) is 0 Å². The highest BCUT2D eigenvalue weighted by Gasteiger charge is 2.05. The average molecular weight is 361 g/mol. The molecule has 0 aliphatic heterocycles. The molecule has 5 nitrogen and oxygen atoms in total. The number of aromatic nitrogens is 2. The molecular formula is C22H27N5. The third-order valence-corrected chi connectivity index (χ3v) is 4.43. The van der Waals surface area contributed by atoms with Crippen LogP contribution in [0.25, 0.3) is 0 Å². The lowest BCUT2D eigenvalue weighted by Gasteiger charge is -2.21. The van der Waals surface area contributed by atoms with Crippen LogP contribution in [0.3, 0.4) is 0 Å². The second-order valence-electron chi connectivity index (χ2n) is 6.55. The quantitative estimate of drug-likeness (QED) is 0.588. The van der Waals surface area contributed by atoms with E-state index in [1.165, 1.54) is 11.3 Å². The first kappa shape index (κ1) is 18.7. The summed E-state index contributed by atoms with van der Waals surface area (Å²) < 4.78 is 0. The number of aryl methyl sites for hydroxylation is 2. The normalized spacial score (nSPS) is 10.5. The predicted octanol–water partition coefficient (Wildman–Crippen LogP) is 5.43. The van der Waals surface area contributed by atoms with Crippen molar-refractivity contribution in [2.24, 2.45) is 0 Å². The fourth-order valence-electron chi connectivity index (χ4n) is 2.95. The minimum absolute atomic E-state index is 0.584. The molecule has 0 aliphatic rings. The fraction of sp³-hybridized carbons (Fsp3) is 0.273. The number of nitrogens with zero attached hydrogens (tertiary/aromatic N) is 3. The van der Waals surface area contributed by atoms with Gasteiger partial charge in [0, 0.05) is 41.9 Å². The van der Waals surface area contributed by atoms with Crippen molar-refractivity contribution in [2.75, 3.05) is 28.6 Å². The van der Waals surface area contributed by atoms with Gasteiger partial charge in [-0.25, -0.2) is 4.98 Å². The summed E-state index contributed by atoms with van der Waals surface area (Å²) >= 11 is 0. The van der Waals surface area contributed by atoms with E-state index in [-0.39, 0.29) is 0 Å². The molecule has 3 rings (SSSR count). The van der Waals surface area contributed by atoms with Crippen LogP contribution in [0.15, 0.2) is 54.6 Å². The summed E-state index contributed by atoms with van der Waals surface area (Å²) in [6.07, 6.45) is 0. The second-order valence-corrected chi connectivity index (χ2v) is 6.55. The molecule has 0 spiro atoms. The summed E-state index contributed by atoms with van der Waals surface area (Å²) in [5.74, 6) is 1.36. The summed E-state index contributed by atoms with van der Waals surface area (Å²) in [6.45, 7) is 10.4. The molecule has 0 radical (unpaired) electrons. The van der Waals surface area contributed by atoms with Crippen LogP contribution < -0.4 is 15.5 Å². The van der Waals surface area contributed by atoms with E-state index in [9.17, 15) is 0 Å². The van der Waals surface area contributed by atoms with Crippen LogP contribution in [0.1, 0.15) is 25.1 Å². The number of nitrogens with one attached hydrogen (secondary N) is 2. The Morgan fingerprint density at radius 3 is 2.00 bits per heavy atom. The summed E-state index contributed by atoms with van der Waals surface area (Å²) in [4.78, 5) is 11.4. The van der Waals surface area contributed by atoms with Gasteiger partial charge in [-0.1, -0.05) is 17.7 Å². The Bertz CT molecular complexity index is 868. The maximum atomic E-state index is 4.59. The molecule has 0 unspecified atom stereocenters. The summed E-state index contributed by atoms with van der Waals surface area (Å²) in [5.41, 5.74) is 5.33. The number of hydrogen-bond acceptors (Lipinski definition) is 5. The van der Waals surface area contributed by atoms with Crippen molar-refractivity contribution >= 4 is 28.8 Å². The second kappa shape index (κ2) is 8.54. The van der Waals surface area contributed by atoms with Crippen LogP contribution in [0.4, 0.5) is 28.8 Å². The van der Waals surface area contributed by atoms with Crippen molar-refractivity contribution in [1.82, 2.24) is 9.97 Å². The fourth-order valence-corrected chi connectivity index (χ4v) is 2.95. The van der Waals surface area contributed by atoms with Gasteiger partial charge in [-0.15, -0.1) is 0 Å². The summed E-state index contributed by atoms with van der Waals surface area (Å²) in [5, 5.41) is 6.64. The zero-order valence-electron chi connectivity index (χ0n) is 16.5. The van der Waals surface area contributed by atoms with Crippen molar-refractivity contribution in [2.45, 2.75) is 27.7 Å². The van der Waals surface area contributed by atoms with Gasteiger partial charge in [-0.05, 0) is 64.1 Å². The number of hydrogen-bond donors (Lipinski definition) is 2. The third-order valence-electron chi connectivity index (χ3n) is 4.43. The molecule has 5 heteroatoms. The van der Waals surface area contributed by atoms with Gasteiger partial charge in [0.05, 0.1) is 0 Å². The number of benzene rings is 2. The van der Waals surface area contributed by atoms with Crippen LogP contribution in [0, 0.1) is 13.8 Å². The van der Waals surface area contributed by atoms with E-state index < -0.39 is 0 Å². The smallest absolute Gasteiger partial charge is 0.229 e. The standard InChI is InChI=1S/C22H27N5/c1-5-27(6-2)20-13-11-18(12-14-20)24-21-15-17(4)23-22(26-21)25-19-9-7-16(3)8-10-19/h7-15H,5-6H2,1-4H3,(H2,23,24,25,26). The topological polar surface area (TPSA) is 53.1 Å². The Kier molecular flexibility index (Phi) is 5.91. The Labute approximate surface area is 161 Å². The van der Waals surface area contributed by atoms with Crippen LogP contribution in [0.5, 0.6) is 0 Å². The zero-order valence-corrected chi connectivity index (χ0v) is 16.5. The van der Waals surface area contributed by atoms with E-state index in [1.54, 1.807) is 0 Å². The van der Waals surface area contributed by atoms with Gasteiger partial charge in [-0.2, -0.15) is 4.98 Å². The molecule has 2 aromatic carbocycles. The number of anilines is 5. The molecule has 0 amide bonds. The van der Waals surface area contributed by atoms with Gasteiger partial charge in [-0.3, -0.25) is 0 Å². The van der Waals surface area contributed by atoms with E-state index in [2.05, 4.69) is 82.7 Å². The highest BCUT2D eigenvalue weighted by atomic mass is 15.1. The molecule has 0 atom stereocenters. The largest absolute Gasteiger partial charge is 0.372 e. The Morgan fingerprint density at radius 2 is 1.37 bits per heavy atom. The SMILES string of the molecule is CCN(CC)c1ccc(Nc2cc(C)nc(Nc3ccc(C)cc3)n2)cc1. The van der Waals surface area contributed by atoms with Crippen molar-refractivity contribution in [3.8, 4) is 0 Å². The lowest BCUT2D eigenvalue weighted by Crippen LogP contribution is -2.21. The molecule has 0 bridgehead atoms. The van der Waals surface area contributed by atoms with Gasteiger partial charge < -0.3 is 15.5 Å². The monoisotopic (exact) mass is 361 g/mol. The van der Waals surface area contributed by atoms with Crippen molar-refractivity contribution in [3.05, 3.63) is 65.9 Å². The lowest BCUT2D eigenvalue weighted by molar-refractivity contribution is 0.866. The minimum Gasteiger partial charge on any atom is -0.372 e. The molecule has 27 heavy (non-hydrogen) atoms. The molecule has 0 aliphatic carbocycles. The van der Waals surface area contributed by atoms with Crippen molar-refractivity contribution in [1.29, 1.82) is 0 Å². The molecule has 0 fully saturated rings. The first-order valence-corrected chi connectivity index (χ1v) is 9.38.